The molecule has 1 fully saturated rings. The molecule has 0 bridgehead atoms. The molecule has 1 aliphatic rings. The molecule has 6 rings (SSSR count). The third-order valence-corrected chi connectivity index (χ3v) is 8.66. The molecule has 1 saturated heterocycles. The fourth-order valence-corrected chi connectivity index (χ4v) is 6.01. The van der Waals surface area contributed by atoms with Crippen LogP contribution in [0.1, 0.15) is 32.6 Å². The Hall–Kier alpha value is -3.91. The molecular formula is C34H34N4O2S. The molecular weight excluding hydrogens is 528 g/mol. The number of aromatic nitrogens is 2. The molecule has 0 radical (unpaired) electrons. The van der Waals surface area contributed by atoms with Crippen LogP contribution in [0.3, 0.4) is 0 Å². The molecule has 3 aromatic heterocycles. The number of nitrogens with zero attached hydrogens (tertiary/aromatic N) is 4. The zero-order valence-corrected chi connectivity index (χ0v) is 24.6. The molecule has 0 atom stereocenters. The zero-order valence-electron chi connectivity index (χ0n) is 23.8. The maximum absolute atomic E-state index is 13.3. The molecule has 7 heteroatoms. The van der Waals surface area contributed by atoms with Crippen LogP contribution in [-0.2, 0) is 13.0 Å². The number of Topliss-reactive ketones (excluding diaryl/α,β-unsaturated/α-hetero) is 1. The summed E-state index contributed by atoms with van der Waals surface area (Å²) in [6.07, 6.45) is 3.88. The summed E-state index contributed by atoms with van der Waals surface area (Å²) in [5.41, 5.74) is 6.91. The monoisotopic (exact) mass is 562 g/mol. The van der Waals surface area contributed by atoms with Gasteiger partial charge in [0.25, 0.3) is 0 Å². The van der Waals surface area contributed by atoms with Crippen LogP contribution >= 0.6 is 11.3 Å². The summed E-state index contributed by atoms with van der Waals surface area (Å²) in [7, 11) is 2.17. The second kappa shape index (κ2) is 11.9. The van der Waals surface area contributed by atoms with Gasteiger partial charge in [-0.15, -0.1) is 11.3 Å². The Morgan fingerprint density at radius 2 is 1.80 bits per heavy atom. The number of hydrogen-bond donors (Lipinski definition) is 0. The summed E-state index contributed by atoms with van der Waals surface area (Å²) in [5.74, 6) is 1.59. The molecule has 208 valence electrons. The van der Waals surface area contributed by atoms with E-state index in [9.17, 15) is 4.79 Å². The van der Waals surface area contributed by atoms with Crippen LogP contribution in [0.4, 0.5) is 0 Å². The number of aryl methyl sites for hydroxylation is 2. The highest BCUT2D eigenvalue weighted by Crippen LogP contribution is 2.36. The number of carbonyl (C=O) groups is 1. The van der Waals surface area contributed by atoms with Crippen LogP contribution in [0.2, 0.25) is 0 Å². The van der Waals surface area contributed by atoms with Crippen LogP contribution in [-0.4, -0.2) is 58.8 Å². The lowest BCUT2D eigenvalue weighted by Gasteiger charge is -2.32. The molecule has 0 aliphatic carbocycles. The van der Waals surface area contributed by atoms with Gasteiger partial charge in [0, 0.05) is 68.7 Å². The fraction of sp³-hybridized carbons (Fsp3) is 0.265. The first-order valence-electron chi connectivity index (χ1n) is 14.0. The minimum atomic E-state index is 0.108. The number of carbonyl (C=O) groups excluding carboxylic acids is 1. The summed E-state index contributed by atoms with van der Waals surface area (Å²) in [6, 6.07) is 20.1. The number of fused-ring (bicyclic) bond motifs is 1. The standard InChI is InChI=1S/C34H34N4O2S/c1-23-6-7-25(18-31(39)26-8-9-28(24(2)17-26)22-38-14-12-37(3)13-15-38)19-32(23)40-33-20-30(27-5-4-11-35-21-27)36-34-29(33)10-16-41-34/h4-11,16-17,19-21H,12-15,18,22H2,1-3H3. The average molecular weight is 563 g/mol. The number of likely N-dealkylation sites (N-methyl/N-ethyl adjacent to an activating group) is 1. The van der Waals surface area contributed by atoms with E-state index < -0.39 is 0 Å². The first-order valence-corrected chi connectivity index (χ1v) is 14.9. The largest absolute Gasteiger partial charge is 0.456 e. The minimum absolute atomic E-state index is 0.108. The number of rotatable bonds is 8. The summed E-state index contributed by atoms with van der Waals surface area (Å²) in [5, 5.41) is 2.99. The maximum Gasteiger partial charge on any atom is 0.167 e. The van der Waals surface area contributed by atoms with E-state index >= 15 is 0 Å². The summed E-state index contributed by atoms with van der Waals surface area (Å²) >= 11 is 1.59. The number of piperazine rings is 1. The smallest absolute Gasteiger partial charge is 0.167 e. The van der Waals surface area contributed by atoms with Crippen LogP contribution < -0.4 is 4.74 Å². The van der Waals surface area contributed by atoms with Gasteiger partial charge in [-0.1, -0.05) is 24.3 Å². The van der Waals surface area contributed by atoms with Crippen LogP contribution in [0.5, 0.6) is 11.5 Å². The quantitative estimate of drug-likeness (QED) is 0.191. The average Bonchev–Trinajstić information content (AvgIpc) is 3.47. The lowest BCUT2D eigenvalue weighted by Crippen LogP contribution is -2.43. The number of ketones is 1. The molecule has 0 unspecified atom stereocenters. The highest BCUT2D eigenvalue weighted by molar-refractivity contribution is 7.16. The number of benzene rings is 2. The highest BCUT2D eigenvalue weighted by Gasteiger charge is 2.17. The lowest BCUT2D eigenvalue weighted by molar-refractivity contribution is 0.0993. The van der Waals surface area contributed by atoms with Gasteiger partial charge in [0.15, 0.2) is 5.78 Å². The van der Waals surface area contributed by atoms with Crippen molar-refractivity contribution in [3.63, 3.8) is 0 Å². The number of thiophene rings is 1. The summed E-state index contributed by atoms with van der Waals surface area (Å²) < 4.78 is 6.51. The van der Waals surface area contributed by atoms with E-state index in [-0.39, 0.29) is 5.78 Å². The molecule has 0 spiro atoms. The van der Waals surface area contributed by atoms with Crippen molar-refractivity contribution in [1.82, 2.24) is 19.8 Å². The molecule has 6 nitrogen and oxygen atoms in total. The van der Waals surface area contributed by atoms with Crippen molar-refractivity contribution in [2.24, 2.45) is 0 Å². The van der Waals surface area contributed by atoms with Gasteiger partial charge in [-0.2, -0.15) is 0 Å². The van der Waals surface area contributed by atoms with Crippen LogP contribution in [0.15, 0.2) is 78.4 Å². The Morgan fingerprint density at radius 1 is 0.951 bits per heavy atom. The van der Waals surface area contributed by atoms with Crippen molar-refractivity contribution in [1.29, 1.82) is 0 Å². The first-order chi connectivity index (χ1) is 19.9. The van der Waals surface area contributed by atoms with Gasteiger partial charge in [-0.05, 0) is 78.9 Å². The predicted molar refractivity (Wildman–Crippen MR) is 166 cm³/mol. The Labute approximate surface area is 245 Å². The van der Waals surface area contributed by atoms with Gasteiger partial charge < -0.3 is 9.64 Å². The van der Waals surface area contributed by atoms with Crippen molar-refractivity contribution in [2.45, 2.75) is 26.8 Å². The molecule has 1 aliphatic heterocycles. The van der Waals surface area contributed by atoms with E-state index in [2.05, 4.69) is 34.8 Å². The number of ether oxygens (including phenoxy) is 1. The lowest BCUT2D eigenvalue weighted by atomic mass is 9.98. The van der Waals surface area contributed by atoms with Gasteiger partial charge in [0.05, 0.1) is 11.1 Å². The normalized spacial score (nSPS) is 14.4. The van der Waals surface area contributed by atoms with E-state index in [4.69, 9.17) is 9.72 Å². The topological polar surface area (TPSA) is 58.6 Å². The predicted octanol–water partition coefficient (Wildman–Crippen LogP) is 6.94. The van der Waals surface area contributed by atoms with E-state index in [1.54, 1.807) is 17.5 Å². The number of pyridine rings is 2. The Bertz CT molecular complexity index is 1690. The van der Waals surface area contributed by atoms with Crippen molar-refractivity contribution in [2.75, 3.05) is 33.2 Å². The summed E-state index contributed by atoms with van der Waals surface area (Å²) in [6.45, 7) is 9.43. The third kappa shape index (κ3) is 6.22. The Kier molecular flexibility index (Phi) is 7.92. The highest BCUT2D eigenvalue weighted by atomic mass is 32.1. The van der Waals surface area contributed by atoms with Crippen LogP contribution in [0, 0.1) is 13.8 Å². The molecule has 41 heavy (non-hydrogen) atoms. The number of hydrogen-bond acceptors (Lipinski definition) is 7. The molecule has 2 aromatic carbocycles. The minimum Gasteiger partial charge on any atom is -0.456 e. The van der Waals surface area contributed by atoms with Crippen molar-refractivity contribution >= 4 is 27.3 Å². The van der Waals surface area contributed by atoms with Gasteiger partial charge >= 0.3 is 0 Å². The van der Waals surface area contributed by atoms with Gasteiger partial charge in [-0.3, -0.25) is 14.7 Å². The van der Waals surface area contributed by atoms with Crippen molar-refractivity contribution in [3.8, 4) is 22.8 Å². The van der Waals surface area contributed by atoms with E-state index in [1.807, 2.05) is 73.1 Å². The molecule has 0 N–H and O–H groups in total. The van der Waals surface area contributed by atoms with Crippen molar-refractivity contribution in [3.05, 3.63) is 106 Å². The maximum atomic E-state index is 13.3. The van der Waals surface area contributed by atoms with E-state index in [0.29, 0.717) is 6.42 Å². The van der Waals surface area contributed by atoms with E-state index in [1.165, 1.54) is 11.1 Å². The summed E-state index contributed by atoms with van der Waals surface area (Å²) in [4.78, 5) is 28.2. The SMILES string of the molecule is Cc1cc(C(=O)Cc2ccc(C)c(Oc3cc(-c4cccnc4)nc4sccc34)c2)ccc1CN1CCN(C)CC1. The Balaban J connectivity index is 1.19. The second-order valence-corrected chi connectivity index (χ2v) is 11.8. The third-order valence-electron chi connectivity index (χ3n) is 7.85. The van der Waals surface area contributed by atoms with Gasteiger partial charge in [-0.25, -0.2) is 4.98 Å². The van der Waals surface area contributed by atoms with Crippen LogP contribution in [0.25, 0.3) is 21.5 Å². The zero-order chi connectivity index (χ0) is 28.3. The van der Waals surface area contributed by atoms with Gasteiger partial charge in [0.1, 0.15) is 16.3 Å². The second-order valence-electron chi connectivity index (χ2n) is 10.9. The molecule has 0 amide bonds. The van der Waals surface area contributed by atoms with Gasteiger partial charge in [0.2, 0.25) is 0 Å². The first kappa shape index (κ1) is 27.3. The Morgan fingerprint density at radius 3 is 2.59 bits per heavy atom. The fourth-order valence-electron chi connectivity index (χ4n) is 5.23. The molecule has 5 aromatic rings. The van der Waals surface area contributed by atoms with Crippen molar-refractivity contribution < 1.29 is 9.53 Å². The molecule has 0 saturated carbocycles. The van der Waals surface area contributed by atoms with E-state index in [0.717, 1.165) is 82.4 Å². The molecule has 4 heterocycles.